The molecule has 228 valence electrons. The lowest BCUT2D eigenvalue weighted by Crippen LogP contribution is -2.43. The van der Waals surface area contributed by atoms with E-state index < -0.39 is 84.3 Å². The van der Waals surface area contributed by atoms with Gasteiger partial charge in [0.1, 0.15) is 0 Å². The van der Waals surface area contributed by atoms with Crippen molar-refractivity contribution in [1.29, 1.82) is 0 Å². The molecule has 0 radical (unpaired) electrons. The number of Topliss-reactive ketones (excluding diaryl/α,β-unsaturated/α-hetero) is 4. The quantitative estimate of drug-likeness (QED) is 0.304. The summed E-state index contributed by atoms with van der Waals surface area (Å²) in [6, 6.07) is 5.93. The van der Waals surface area contributed by atoms with Gasteiger partial charge in [0.25, 0.3) is 0 Å². The maximum absolute atomic E-state index is 13.4. The van der Waals surface area contributed by atoms with Crippen LogP contribution in [0.4, 0.5) is 0 Å². The minimum atomic E-state index is -3.32. The van der Waals surface area contributed by atoms with Crippen molar-refractivity contribution in [2.45, 2.75) is 24.9 Å². The minimum Gasteiger partial charge on any atom is -0.351 e. The molecule has 2 saturated heterocycles. The third kappa shape index (κ3) is 5.09. The van der Waals surface area contributed by atoms with Crippen LogP contribution in [-0.4, -0.2) is 92.7 Å². The lowest BCUT2D eigenvalue weighted by Gasteiger charge is -2.13. The number of ketones is 5. The van der Waals surface area contributed by atoms with Crippen molar-refractivity contribution in [3.63, 3.8) is 0 Å². The number of hydrogen-bond donors (Lipinski definition) is 2. The molecule has 2 aromatic carbocycles. The summed E-state index contributed by atoms with van der Waals surface area (Å²) in [6.07, 6.45) is 0.333. The first-order chi connectivity index (χ1) is 20.7. The maximum Gasteiger partial charge on any atom is 0.239 e. The van der Waals surface area contributed by atoms with Gasteiger partial charge in [-0.2, -0.15) is 0 Å². The monoisotopic (exact) mass is 640 g/mol. The molecule has 6 rings (SSSR count). The van der Waals surface area contributed by atoms with E-state index >= 15 is 0 Å². The van der Waals surface area contributed by atoms with Crippen molar-refractivity contribution >= 4 is 60.4 Å². The zero-order chi connectivity index (χ0) is 31.7. The van der Waals surface area contributed by atoms with E-state index in [9.17, 15) is 50.4 Å². The average Bonchev–Trinajstić information content (AvgIpc) is 3.64. The number of nitrogens with one attached hydrogen (secondary N) is 2. The molecule has 13 nitrogen and oxygen atoms in total. The standard InChI is InChI=1S/C29H24N2O11S2/c32-23(13-1-3-17-19(9-13)26(35)21(24(17)33)28(37)30-15-5-7-43(39,40)11-15)14-2-4-18-20(10-14)27(36)22(25(18)34)29(38)31-16-6-8-44(41,42)12-16/h1-4,9-10,15-16,21-22H,5-8,11-12H2,(H,30,37)(H,31,38). The number of amides is 2. The number of benzene rings is 2. The maximum atomic E-state index is 13.4. The lowest BCUT2D eigenvalue weighted by atomic mass is 9.96. The molecule has 2 N–H and O–H groups in total. The first kappa shape index (κ1) is 29.7. The molecule has 44 heavy (non-hydrogen) atoms. The Morgan fingerprint density at radius 3 is 1.27 bits per heavy atom. The molecule has 4 unspecified atom stereocenters. The van der Waals surface area contributed by atoms with Crippen LogP contribution in [0.25, 0.3) is 0 Å². The van der Waals surface area contributed by atoms with E-state index in [2.05, 4.69) is 10.6 Å². The van der Waals surface area contributed by atoms with Gasteiger partial charge in [-0.25, -0.2) is 16.8 Å². The second-order valence-corrected chi connectivity index (χ2v) is 15.8. The van der Waals surface area contributed by atoms with Gasteiger partial charge in [-0.15, -0.1) is 0 Å². The van der Waals surface area contributed by atoms with Crippen LogP contribution in [0, 0.1) is 11.8 Å². The van der Waals surface area contributed by atoms with Crippen molar-refractivity contribution < 1.29 is 50.4 Å². The minimum absolute atomic E-state index is 0.0405. The summed E-state index contributed by atoms with van der Waals surface area (Å²) in [5.41, 5.74) is -0.521. The summed E-state index contributed by atoms with van der Waals surface area (Å²) in [4.78, 5) is 90.9. The largest absolute Gasteiger partial charge is 0.351 e. The Kier molecular flexibility index (Phi) is 7.00. The molecule has 2 fully saturated rings. The second-order valence-electron chi connectivity index (χ2n) is 11.4. The van der Waals surface area contributed by atoms with Crippen LogP contribution in [0.3, 0.4) is 0 Å². The van der Waals surface area contributed by atoms with Crippen molar-refractivity contribution in [3.8, 4) is 0 Å². The van der Waals surface area contributed by atoms with E-state index in [1.54, 1.807) is 0 Å². The van der Waals surface area contributed by atoms with Crippen molar-refractivity contribution in [2.24, 2.45) is 11.8 Å². The Balaban J connectivity index is 1.19. The van der Waals surface area contributed by atoms with Gasteiger partial charge < -0.3 is 10.6 Å². The van der Waals surface area contributed by atoms with Crippen molar-refractivity contribution in [2.75, 3.05) is 23.0 Å². The number of carbonyl (C=O) groups excluding carboxylic acids is 7. The summed E-state index contributed by atoms with van der Waals surface area (Å²) in [6.45, 7) is 0. The summed E-state index contributed by atoms with van der Waals surface area (Å²) in [5, 5.41) is 4.92. The normalized spacial score (nSPS) is 26.4. The van der Waals surface area contributed by atoms with Gasteiger partial charge in [-0.3, -0.25) is 33.6 Å². The smallest absolute Gasteiger partial charge is 0.239 e. The predicted molar refractivity (Wildman–Crippen MR) is 151 cm³/mol. The molecule has 2 amide bonds. The number of hydrogen-bond acceptors (Lipinski definition) is 11. The fourth-order valence-electron chi connectivity index (χ4n) is 6.10. The Labute approximate surface area is 250 Å². The van der Waals surface area contributed by atoms with Crippen molar-refractivity contribution in [3.05, 3.63) is 69.8 Å². The van der Waals surface area contributed by atoms with Crippen LogP contribution in [-0.2, 0) is 29.3 Å². The molecule has 4 atom stereocenters. The molecular weight excluding hydrogens is 616 g/mol. The van der Waals surface area contributed by atoms with E-state index in [4.69, 9.17) is 0 Å². The summed E-state index contributed by atoms with van der Waals surface area (Å²) in [7, 11) is -6.63. The van der Waals surface area contributed by atoms with Gasteiger partial charge in [0.05, 0.1) is 23.0 Å². The Hall–Kier alpha value is -4.37. The molecule has 2 aliphatic carbocycles. The van der Waals surface area contributed by atoms with Crippen LogP contribution in [0.5, 0.6) is 0 Å². The zero-order valence-electron chi connectivity index (χ0n) is 22.8. The van der Waals surface area contributed by atoms with Crippen LogP contribution < -0.4 is 10.6 Å². The molecule has 0 aromatic heterocycles. The second kappa shape index (κ2) is 10.4. The van der Waals surface area contributed by atoms with Gasteiger partial charge in [0, 0.05) is 45.5 Å². The van der Waals surface area contributed by atoms with Gasteiger partial charge in [-0.1, -0.05) is 12.1 Å². The Morgan fingerprint density at radius 2 is 0.932 bits per heavy atom. The van der Waals surface area contributed by atoms with Gasteiger partial charge in [0.2, 0.25) is 11.8 Å². The third-order valence-electron chi connectivity index (χ3n) is 8.36. The van der Waals surface area contributed by atoms with Gasteiger partial charge >= 0.3 is 0 Å². The lowest BCUT2D eigenvalue weighted by molar-refractivity contribution is -0.123. The molecule has 0 spiro atoms. The van der Waals surface area contributed by atoms with Gasteiger partial charge in [0.15, 0.2) is 60.4 Å². The fraction of sp³-hybridized carbons (Fsp3) is 0.345. The zero-order valence-corrected chi connectivity index (χ0v) is 24.5. The molecule has 15 heteroatoms. The molecule has 2 aromatic rings. The van der Waals surface area contributed by atoms with Crippen LogP contribution in [0.15, 0.2) is 36.4 Å². The molecule has 2 heterocycles. The highest BCUT2D eigenvalue weighted by atomic mass is 32.2. The van der Waals surface area contributed by atoms with Crippen molar-refractivity contribution in [1.82, 2.24) is 10.6 Å². The van der Waals surface area contributed by atoms with E-state index in [-0.39, 0.29) is 69.2 Å². The van der Waals surface area contributed by atoms with Crippen LogP contribution in [0.1, 0.15) is 70.2 Å². The van der Waals surface area contributed by atoms with E-state index in [1.165, 1.54) is 24.3 Å². The third-order valence-corrected chi connectivity index (χ3v) is 11.9. The van der Waals surface area contributed by atoms with Gasteiger partial charge in [-0.05, 0) is 37.1 Å². The number of rotatable bonds is 6. The highest BCUT2D eigenvalue weighted by Crippen LogP contribution is 2.32. The summed E-state index contributed by atoms with van der Waals surface area (Å²) >= 11 is 0. The Morgan fingerprint density at radius 1 is 0.568 bits per heavy atom. The molecule has 2 aliphatic heterocycles. The summed E-state index contributed by atoms with van der Waals surface area (Å²) < 4.78 is 46.8. The molecule has 4 aliphatic rings. The topological polar surface area (TPSA) is 212 Å². The molecule has 0 bridgehead atoms. The number of fused-ring (bicyclic) bond motifs is 2. The molecule has 0 saturated carbocycles. The highest BCUT2D eigenvalue weighted by Gasteiger charge is 2.46. The first-order valence-electron chi connectivity index (χ1n) is 13.7. The van der Waals surface area contributed by atoms with E-state index in [0.717, 1.165) is 12.1 Å². The van der Waals surface area contributed by atoms with E-state index in [0.29, 0.717) is 0 Å². The Bertz CT molecular complexity index is 1820. The first-order valence-corrected chi connectivity index (χ1v) is 17.3. The molecular formula is C29H24N2O11S2. The fourth-order valence-corrected chi connectivity index (χ4v) is 9.44. The average molecular weight is 641 g/mol. The predicted octanol–water partition coefficient (Wildman–Crippen LogP) is -0.485. The SMILES string of the molecule is O=C(c1ccc2c(c1)C(=O)C(C(=O)NC1CCS(=O)(=O)C1)C2=O)c1ccc2c(c1)C(=O)C(C(=O)NC1CCS(=O)(=O)C1)C2=O. The number of sulfone groups is 2. The van der Waals surface area contributed by atoms with Crippen LogP contribution in [0.2, 0.25) is 0 Å². The van der Waals surface area contributed by atoms with E-state index in [1.807, 2.05) is 0 Å². The highest BCUT2D eigenvalue weighted by molar-refractivity contribution is 7.91. The summed E-state index contributed by atoms with van der Waals surface area (Å²) in [5.74, 6) is -9.94. The van der Waals surface area contributed by atoms with Crippen LogP contribution >= 0.6 is 0 Å². The number of carbonyl (C=O) groups is 7.